The number of thiophene rings is 1. The third kappa shape index (κ3) is 3.04. The summed E-state index contributed by atoms with van der Waals surface area (Å²) in [6, 6.07) is 6.05. The second-order valence-electron chi connectivity index (χ2n) is 3.53. The summed E-state index contributed by atoms with van der Waals surface area (Å²) < 4.78 is 32.4. The molecule has 0 saturated heterocycles. The van der Waals surface area contributed by atoms with Crippen LogP contribution in [0.4, 0.5) is 8.78 Å². The van der Waals surface area contributed by atoms with Crippen molar-refractivity contribution in [2.24, 2.45) is 0 Å². The Labute approximate surface area is 110 Å². The third-order valence-electron chi connectivity index (χ3n) is 2.22. The van der Waals surface area contributed by atoms with E-state index < -0.39 is 11.6 Å². The van der Waals surface area contributed by atoms with Crippen LogP contribution in [-0.2, 0) is 6.61 Å². The van der Waals surface area contributed by atoms with Crippen molar-refractivity contribution in [3.05, 3.63) is 50.1 Å². The van der Waals surface area contributed by atoms with Crippen LogP contribution in [0.15, 0.2) is 28.1 Å². The van der Waals surface area contributed by atoms with E-state index in [4.69, 9.17) is 4.74 Å². The van der Waals surface area contributed by atoms with Crippen LogP contribution in [0.5, 0.6) is 5.75 Å². The van der Waals surface area contributed by atoms with Gasteiger partial charge in [-0.25, -0.2) is 8.78 Å². The van der Waals surface area contributed by atoms with E-state index >= 15 is 0 Å². The minimum absolute atomic E-state index is 0.349. The Morgan fingerprint density at radius 2 is 1.94 bits per heavy atom. The van der Waals surface area contributed by atoms with Gasteiger partial charge in [-0.3, -0.25) is 0 Å². The molecule has 0 spiro atoms. The SMILES string of the molecule is Cc1cc(F)c(F)cc1OCc1ccc(Br)s1. The van der Waals surface area contributed by atoms with Crippen LogP contribution >= 0.6 is 27.3 Å². The van der Waals surface area contributed by atoms with Crippen molar-refractivity contribution < 1.29 is 13.5 Å². The van der Waals surface area contributed by atoms with Gasteiger partial charge in [-0.05, 0) is 46.6 Å². The second-order valence-corrected chi connectivity index (χ2v) is 6.07. The Kier molecular flexibility index (Phi) is 3.79. The van der Waals surface area contributed by atoms with Crippen molar-refractivity contribution in [1.82, 2.24) is 0 Å². The van der Waals surface area contributed by atoms with E-state index in [1.54, 1.807) is 18.3 Å². The highest BCUT2D eigenvalue weighted by molar-refractivity contribution is 9.11. The molecule has 0 aliphatic carbocycles. The lowest BCUT2D eigenvalue weighted by molar-refractivity contribution is 0.304. The average molecular weight is 319 g/mol. The summed E-state index contributed by atoms with van der Waals surface area (Å²) in [6.45, 7) is 2.03. The van der Waals surface area contributed by atoms with Gasteiger partial charge in [-0.1, -0.05) is 0 Å². The molecule has 0 aliphatic rings. The summed E-state index contributed by atoms with van der Waals surface area (Å²) in [5.74, 6) is -1.37. The molecule has 1 nitrogen and oxygen atoms in total. The van der Waals surface area contributed by atoms with Gasteiger partial charge in [0.15, 0.2) is 11.6 Å². The molecule has 1 aromatic carbocycles. The molecule has 0 unspecified atom stereocenters. The molecule has 0 atom stereocenters. The molecule has 0 radical (unpaired) electrons. The summed E-state index contributed by atoms with van der Waals surface area (Å²) >= 11 is 4.89. The predicted molar refractivity (Wildman–Crippen MR) is 67.4 cm³/mol. The van der Waals surface area contributed by atoms with Crippen LogP contribution in [0.1, 0.15) is 10.4 Å². The van der Waals surface area contributed by atoms with Gasteiger partial charge >= 0.3 is 0 Å². The van der Waals surface area contributed by atoms with Crippen LogP contribution in [0.2, 0.25) is 0 Å². The van der Waals surface area contributed by atoms with E-state index in [0.29, 0.717) is 17.9 Å². The summed E-state index contributed by atoms with van der Waals surface area (Å²) in [5.41, 5.74) is 0.583. The maximum Gasteiger partial charge on any atom is 0.162 e. The monoisotopic (exact) mass is 318 g/mol. The molecule has 0 N–H and O–H groups in total. The van der Waals surface area contributed by atoms with Crippen molar-refractivity contribution in [2.45, 2.75) is 13.5 Å². The fourth-order valence-corrected chi connectivity index (χ4v) is 2.76. The quantitative estimate of drug-likeness (QED) is 0.798. The molecule has 2 aromatic rings. The minimum Gasteiger partial charge on any atom is -0.488 e. The highest BCUT2D eigenvalue weighted by atomic mass is 79.9. The van der Waals surface area contributed by atoms with E-state index in [1.807, 2.05) is 12.1 Å². The van der Waals surface area contributed by atoms with Crippen LogP contribution in [0, 0.1) is 18.6 Å². The minimum atomic E-state index is -0.891. The number of rotatable bonds is 3. The van der Waals surface area contributed by atoms with E-state index in [9.17, 15) is 8.78 Å². The zero-order chi connectivity index (χ0) is 12.4. The molecule has 0 saturated carbocycles. The van der Waals surface area contributed by atoms with Crippen LogP contribution in [0.25, 0.3) is 0 Å². The molecule has 90 valence electrons. The zero-order valence-corrected chi connectivity index (χ0v) is 11.4. The first-order valence-corrected chi connectivity index (χ1v) is 6.50. The molecule has 2 rings (SSSR count). The fraction of sp³-hybridized carbons (Fsp3) is 0.167. The molecule has 0 aliphatic heterocycles. The van der Waals surface area contributed by atoms with E-state index in [-0.39, 0.29) is 0 Å². The van der Waals surface area contributed by atoms with Crippen molar-refractivity contribution >= 4 is 27.3 Å². The molecular formula is C12H9BrF2OS. The first-order chi connectivity index (χ1) is 8.06. The Morgan fingerprint density at radius 1 is 1.24 bits per heavy atom. The molecule has 5 heteroatoms. The number of ether oxygens (including phenoxy) is 1. The molecule has 0 bridgehead atoms. The number of halogens is 3. The topological polar surface area (TPSA) is 9.23 Å². The Hall–Kier alpha value is -0.940. The van der Waals surface area contributed by atoms with Crippen LogP contribution in [0.3, 0.4) is 0 Å². The van der Waals surface area contributed by atoms with Gasteiger partial charge in [0, 0.05) is 10.9 Å². The van der Waals surface area contributed by atoms with E-state index in [2.05, 4.69) is 15.9 Å². The van der Waals surface area contributed by atoms with Crippen LogP contribution in [-0.4, -0.2) is 0 Å². The van der Waals surface area contributed by atoms with Crippen molar-refractivity contribution in [1.29, 1.82) is 0 Å². The van der Waals surface area contributed by atoms with Gasteiger partial charge in [0.2, 0.25) is 0 Å². The van der Waals surface area contributed by atoms with Crippen molar-refractivity contribution in [2.75, 3.05) is 0 Å². The first-order valence-electron chi connectivity index (χ1n) is 4.89. The van der Waals surface area contributed by atoms with Gasteiger partial charge in [0.25, 0.3) is 0 Å². The third-order valence-corrected chi connectivity index (χ3v) is 3.81. The van der Waals surface area contributed by atoms with Crippen LogP contribution < -0.4 is 4.74 Å². The standard InChI is InChI=1S/C12H9BrF2OS/c1-7-4-9(14)10(15)5-11(7)16-6-8-2-3-12(13)17-8/h2-5H,6H2,1H3. The highest BCUT2D eigenvalue weighted by Crippen LogP contribution is 2.26. The maximum absolute atomic E-state index is 13.0. The average Bonchev–Trinajstić information content (AvgIpc) is 2.68. The number of benzene rings is 1. The fourth-order valence-electron chi connectivity index (χ4n) is 1.36. The summed E-state index contributed by atoms with van der Waals surface area (Å²) in [7, 11) is 0. The summed E-state index contributed by atoms with van der Waals surface area (Å²) in [6.07, 6.45) is 0. The smallest absolute Gasteiger partial charge is 0.162 e. The Balaban J connectivity index is 2.11. The predicted octanol–water partition coefficient (Wildman–Crippen LogP) is 4.68. The highest BCUT2D eigenvalue weighted by Gasteiger charge is 2.08. The van der Waals surface area contributed by atoms with Gasteiger partial charge < -0.3 is 4.74 Å². The lowest BCUT2D eigenvalue weighted by atomic mass is 10.2. The van der Waals surface area contributed by atoms with Gasteiger partial charge in [0.1, 0.15) is 12.4 Å². The normalized spacial score (nSPS) is 10.6. The lowest BCUT2D eigenvalue weighted by Gasteiger charge is -2.08. The molecular weight excluding hydrogens is 310 g/mol. The summed E-state index contributed by atoms with van der Waals surface area (Å²) in [4.78, 5) is 1.01. The second kappa shape index (κ2) is 5.14. The van der Waals surface area contributed by atoms with Crippen molar-refractivity contribution in [3.63, 3.8) is 0 Å². The Bertz CT molecular complexity index is 539. The first kappa shape index (κ1) is 12.5. The number of hydrogen-bond acceptors (Lipinski definition) is 2. The largest absolute Gasteiger partial charge is 0.488 e. The Morgan fingerprint density at radius 3 is 2.59 bits per heavy atom. The zero-order valence-electron chi connectivity index (χ0n) is 8.97. The van der Waals surface area contributed by atoms with Gasteiger partial charge in [-0.15, -0.1) is 11.3 Å². The molecule has 0 amide bonds. The lowest BCUT2D eigenvalue weighted by Crippen LogP contribution is -1.97. The molecule has 17 heavy (non-hydrogen) atoms. The van der Waals surface area contributed by atoms with Gasteiger partial charge in [-0.2, -0.15) is 0 Å². The maximum atomic E-state index is 13.0. The van der Waals surface area contributed by atoms with E-state index in [1.165, 1.54) is 0 Å². The molecule has 0 fully saturated rings. The molecule has 1 aromatic heterocycles. The number of aryl methyl sites for hydroxylation is 1. The van der Waals surface area contributed by atoms with Gasteiger partial charge in [0.05, 0.1) is 3.79 Å². The summed E-state index contributed by atoms with van der Waals surface area (Å²) in [5, 5.41) is 0. The van der Waals surface area contributed by atoms with Crippen molar-refractivity contribution in [3.8, 4) is 5.75 Å². The number of hydrogen-bond donors (Lipinski definition) is 0. The van der Waals surface area contributed by atoms with E-state index in [0.717, 1.165) is 20.8 Å². The molecule has 1 heterocycles.